The van der Waals surface area contributed by atoms with Crippen LogP contribution in [-0.2, 0) is 9.53 Å². The second-order valence-corrected chi connectivity index (χ2v) is 3.99. The lowest BCUT2D eigenvalue weighted by molar-refractivity contribution is -0.113. The van der Waals surface area contributed by atoms with Gasteiger partial charge in [0.2, 0.25) is 0 Å². The lowest BCUT2D eigenvalue weighted by Gasteiger charge is -2.19. The van der Waals surface area contributed by atoms with Crippen LogP contribution in [0.3, 0.4) is 0 Å². The minimum Gasteiger partial charge on any atom is -0.436 e. The molecule has 0 spiro atoms. The van der Waals surface area contributed by atoms with Crippen molar-refractivity contribution < 1.29 is 13.9 Å². The van der Waals surface area contributed by atoms with Crippen LogP contribution in [0.4, 0.5) is 4.39 Å². The highest BCUT2D eigenvalue weighted by Gasteiger charge is 2.23. The molecule has 0 N–H and O–H groups in total. The Kier molecular flexibility index (Phi) is 3.09. The maximum atomic E-state index is 13.7. The van der Waals surface area contributed by atoms with Gasteiger partial charge in [0.05, 0.1) is 0 Å². The van der Waals surface area contributed by atoms with E-state index < -0.39 is 6.01 Å². The summed E-state index contributed by atoms with van der Waals surface area (Å²) in [5.74, 6) is 0.276. The first-order chi connectivity index (χ1) is 8.09. The summed E-state index contributed by atoms with van der Waals surface area (Å²) >= 11 is 0. The van der Waals surface area contributed by atoms with E-state index >= 15 is 0 Å². The molecule has 0 saturated heterocycles. The van der Waals surface area contributed by atoms with Crippen LogP contribution in [-0.4, -0.2) is 5.78 Å². The molecule has 1 aromatic rings. The topological polar surface area (TPSA) is 26.3 Å². The van der Waals surface area contributed by atoms with Gasteiger partial charge < -0.3 is 4.74 Å². The fourth-order valence-electron chi connectivity index (χ4n) is 1.86. The molecule has 0 atom stereocenters. The first kappa shape index (κ1) is 11.6. The number of allylic oxidation sites excluding steroid dienone is 3. The number of carbonyl (C=O) groups is 1. The second-order valence-electron chi connectivity index (χ2n) is 3.99. The zero-order valence-corrected chi connectivity index (χ0v) is 9.79. The van der Waals surface area contributed by atoms with E-state index in [1.807, 2.05) is 18.2 Å². The number of halogens is 1. The van der Waals surface area contributed by atoms with E-state index in [9.17, 15) is 9.18 Å². The molecule has 0 radical (unpaired) electrons. The lowest BCUT2D eigenvalue weighted by atomic mass is 9.95. The molecule has 3 heteroatoms. The minimum atomic E-state index is -0.612. The molecule has 1 heterocycles. The first-order valence-electron chi connectivity index (χ1n) is 5.42. The number of hydrogen-bond donors (Lipinski definition) is 0. The minimum absolute atomic E-state index is 0.0802. The summed E-state index contributed by atoms with van der Waals surface area (Å²) in [4.78, 5) is 11.4. The Bertz CT molecular complexity index is 512. The third-order valence-corrected chi connectivity index (χ3v) is 2.81. The highest BCUT2D eigenvalue weighted by Crippen LogP contribution is 2.34. The van der Waals surface area contributed by atoms with Gasteiger partial charge in [-0.3, -0.25) is 4.79 Å². The molecule has 0 aliphatic carbocycles. The predicted octanol–water partition coefficient (Wildman–Crippen LogP) is 3.61. The van der Waals surface area contributed by atoms with Gasteiger partial charge in [-0.25, -0.2) is 0 Å². The fraction of sp³-hybridized carbons (Fsp3) is 0.214. The SMILES string of the molecule is CC(=O)C1=C(C)OC(F)=C(c2ccccc2)C1. The van der Waals surface area contributed by atoms with Gasteiger partial charge in [-0.1, -0.05) is 30.3 Å². The monoisotopic (exact) mass is 232 g/mol. The largest absolute Gasteiger partial charge is 0.436 e. The molecule has 2 rings (SSSR count). The van der Waals surface area contributed by atoms with Gasteiger partial charge in [0.25, 0.3) is 6.01 Å². The molecule has 2 nitrogen and oxygen atoms in total. The van der Waals surface area contributed by atoms with Gasteiger partial charge in [0.15, 0.2) is 5.78 Å². The predicted molar refractivity (Wildman–Crippen MR) is 63.6 cm³/mol. The van der Waals surface area contributed by atoms with Crippen molar-refractivity contribution in [3.63, 3.8) is 0 Å². The number of Topliss-reactive ketones (excluding diaryl/α,β-unsaturated/α-hetero) is 1. The molecule has 0 bridgehead atoms. The van der Waals surface area contributed by atoms with Crippen LogP contribution in [0.5, 0.6) is 0 Å². The van der Waals surface area contributed by atoms with E-state index in [1.165, 1.54) is 6.92 Å². The molecule has 0 saturated carbocycles. The van der Waals surface area contributed by atoms with Crippen molar-refractivity contribution in [1.29, 1.82) is 0 Å². The van der Waals surface area contributed by atoms with Crippen molar-refractivity contribution >= 4 is 11.4 Å². The van der Waals surface area contributed by atoms with Crippen LogP contribution in [0, 0.1) is 0 Å². The zero-order valence-electron chi connectivity index (χ0n) is 9.79. The van der Waals surface area contributed by atoms with Crippen molar-refractivity contribution in [3.8, 4) is 0 Å². The molecule has 1 aromatic carbocycles. The number of benzene rings is 1. The standard InChI is InChI=1S/C14H13FO2/c1-9(16)12-8-13(14(15)17-10(12)2)11-6-4-3-5-7-11/h3-7H,8H2,1-2H3. The van der Waals surface area contributed by atoms with Crippen LogP contribution in [0.1, 0.15) is 25.8 Å². The summed E-state index contributed by atoms with van der Waals surface area (Å²) in [5.41, 5.74) is 1.71. The highest BCUT2D eigenvalue weighted by molar-refractivity contribution is 5.96. The van der Waals surface area contributed by atoms with Crippen LogP contribution in [0.25, 0.3) is 5.57 Å². The average Bonchev–Trinajstić information content (AvgIpc) is 2.29. The van der Waals surface area contributed by atoms with E-state index in [1.54, 1.807) is 19.1 Å². The summed E-state index contributed by atoms with van der Waals surface area (Å²) < 4.78 is 18.7. The number of rotatable bonds is 2. The molecule has 0 amide bonds. The molecule has 1 aliphatic heterocycles. The van der Waals surface area contributed by atoms with Gasteiger partial charge in [-0.2, -0.15) is 4.39 Å². The van der Waals surface area contributed by atoms with Crippen molar-refractivity contribution in [1.82, 2.24) is 0 Å². The highest BCUT2D eigenvalue weighted by atomic mass is 19.1. The third kappa shape index (κ3) is 2.28. The zero-order chi connectivity index (χ0) is 12.4. The Hall–Kier alpha value is -1.90. The second kappa shape index (κ2) is 4.53. The quantitative estimate of drug-likeness (QED) is 0.778. The van der Waals surface area contributed by atoms with Crippen molar-refractivity contribution in [2.24, 2.45) is 0 Å². The molecule has 1 aliphatic rings. The van der Waals surface area contributed by atoms with Crippen LogP contribution < -0.4 is 0 Å². The Labute approximate surface area is 99.4 Å². The average molecular weight is 232 g/mol. The van der Waals surface area contributed by atoms with Crippen LogP contribution >= 0.6 is 0 Å². The number of ether oxygens (including phenoxy) is 1. The van der Waals surface area contributed by atoms with Gasteiger partial charge in [0.1, 0.15) is 5.76 Å². The normalized spacial score (nSPS) is 15.9. The van der Waals surface area contributed by atoms with E-state index in [4.69, 9.17) is 4.74 Å². The van der Waals surface area contributed by atoms with Crippen molar-refractivity contribution in [3.05, 3.63) is 53.2 Å². The van der Waals surface area contributed by atoms with Crippen LogP contribution in [0.2, 0.25) is 0 Å². The summed E-state index contributed by atoms with van der Waals surface area (Å²) in [6.45, 7) is 3.08. The molecular formula is C14H13FO2. The molecule has 0 unspecified atom stereocenters. The lowest BCUT2D eigenvalue weighted by Crippen LogP contribution is -2.09. The van der Waals surface area contributed by atoms with E-state index in [-0.39, 0.29) is 12.2 Å². The van der Waals surface area contributed by atoms with E-state index in [2.05, 4.69) is 0 Å². The number of ketones is 1. The number of carbonyl (C=O) groups excluding carboxylic acids is 1. The first-order valence-corrected chi connectivity index (χ1v) is 5.42. The number of hydrogen-bond acceptors (Lipinski definition) is 2. The van der Waals surface area contributed by atoms with E-state index in [0.717, 1.165) is 5.56 Å². The van der Waals surface area contributed by atoms with Crippen LogP contribution in [0.15, 0.2) is 47.7 Å². The maximum Gasteiger partial charge on any atom is 0.282 e. The van der Waals surface area contributed by atoms with Gasteiger partial charge in [-0.05, 0) is 19.4 Å². The summed E-state index contributed by atoms with van der Waals surface area (Å²) in [7, 11) is 0. The molecule has 17 heavy (non-hydrogen) atoms. The fourth-order valence-corrected chi connectivity index (χ4v) is 1.86. The Morgan fingerprint density at radius 2 is 1.94 bits per heavy atom. The summed E-state index contributed by atoms with van der Waals surface area (Å²) in [5, 5.41) is 0. The molecule has 88 valence electrons. The molecule has 0 fully saturated rings. The van der Waals surface area contributed by atoms with Gasteiger partial charge >= 0.3 is 0 Å². The smallest absolute Gasteiger partial charge is 0.282 e. The van der Waals surface area contributed by atoms with E-state index in [0.29, 0.717) is 16.9 Å². The summed E-state index contributed by atoms with van der Waals surface area (Å²) in [6.07, 6.45) is 0.289. The van der Waals surface area contributed by atoms with Gasteiger partial charge in [0, 0.05) is 17.6 Å². The molecule has 0 aromatic heterocycles. The summed E-state index contributed by atoms with van der Waals surface area (Å²) in [6, 6.07) is 8.51. The third-order valence-electron chi connectivity index (χ3n) is 2.81. The Morgan fingerprint density at radius 3 is 2.53 bits per heavy atom. The van der Waals surface area contributed by atoms with Crippen molar-refractivity contribution in [2.75, 3.05) is 0 Å². The Balaban J connectivity index is 2.38. The van der Waals surface area contributed by atoms with Crippen molar-refractivity contribution in [2.45, 2.75) is 20.3 Å². The Morgan fingerprint density at radius 1 is 1.29 bits per heavy atom. The van der Waals surface area contributed by atoms with Gasteiger partial charge in [-0.15, -0.1) is 0 Å². The maximum absolute atomic E-state index is 13.7. The molecular weight excluding hydrogens is 219 g/mol.